The zero-order chi connectivity index (χ0) is 20.5. The molecule has 1 aromatic heterocycles. The fraction of sp³-hybridized carbons (Fsp3) is 0.227. The topological polar surface area (TPSA) is 70.8 Å². The average molecular weight is 409 g/mol. The summed E-state index contributed by atoms with van der Waals surface area (Å²) in [6, 6.07) is 12.0. The highest BCUT2D eigenvalue weighted by atomic mass is 35.5. The van der Waals surface area contributed by atoms with Gasteiger partial charge in [0.05, 0.1) is 16.6 Å². The van der Waals surface area contributed by atoms with Crippen LogP contribution < -0.4 is 10.3 Å². The van der Waals surface area contributed by atoms with Gasteiger partial charge in [-0.2, -0.15) is 0 Å². The highest BCUT2D eigenvalue weighted by Gasteiger charge is 2.64. The Kier molecular flexibility index (Phi) is 3.67. The number of halogens is 1. The molecule has 1 spiro atoms. The van der Waals surface area contributed by atoms with E-state index in [0.717, 1.165) is 0 Å². The minimum Gasteiger partial charge on any atom is -0.450 e. The highest BCUT2D eigenvalue weighted by molar-refractivity contribution is 6.31. The lowest BCUT2D eigenvalue weighted by Crippen LogP contribution is -2.53. The van der Waals surface area contributed by atoms with Gasteiger partial charge in [-0.1, -0.05) is 29.8 Å². The van der Waals surface area contributed by atoms with Crippen LogP contribution >= 0.6 is 11.6 Å². The van der Waals surface area contributed by atoms with Gasteiger partial charge in [0.15, 0.2) is 11.0 Å². The SMILES string of the molecule is CCN1C(=O)C2(c3ccccc31)c1c(oc3ccc(Cl)cc3c1=O)C(=O)N2CC. The molecule has 3 aromatic rings. The first-order valence-electron chi connectivity index (χ1n) is 9.47. The molecule has 0 saturated heterocycles. The molecule has 0 aliphatic carbocycles. The van der Waals surface area contributed by atoms with Gasteiger partial charge in [0.2, 0.25) is 5.76 Å². The summed E-state index contributed by atoms with van der Waals surface area (Å²) in [7, 11) is 0. The molecule has 29 heavy (non-hydrogen) atoms. The van der Waals surface area contributed by atoms with Crippen LogP contribution in [0.2, 0.25) is 5.02 Å². The fourth-order valence-corrected chi connectivity index (χ4v) is 4.86. The summed E-state index contributed by atoms with van der Waals surface area (Å²) in [5, 5.41) is 0.630. The Morgan fingerprint density at radius 2 is 1.79 bits per heavy atom. The van der Waals surface area contributed by atoms with Crippen LogP contribution in [0, 0.1) is 0 Å². The summed E-state index contributed by atoms with van der Waals surface area (Å²) < 4.78 is 5.88. The molecule has 2 aromatic carbocycles. The van der Waals surface area contributed by atoms with Crippen LogP contribution in [0.15, 0.2) is 51.7 Å². The van der Waals surface area contributed by atoms with E-state index in [1.165, 1.54) is 11.0 Å². The molecular weight excluding hydrogens is 392 g/mol. The first kappa shape index (κ1) is 17.9. The van der Waals surface area contributed by atoms with Crippen LogP contribution in [0.3, 0.4) is 0 Å². The van der Waals surface area contributed by atoms with Crippen molar-refractivity contribution in [1.29, 1.82) is 0 Å². The van der Waals surface area contributed by atoms with Crippen molar-refractivity contribution in [3.8, 4) is 0 Å². The quantitative estimate of drug-likeness (QED) is 0.650. The molecule has 1 unspecified atom stereocenters. The number of benzene rings is 2. The van der Waals surface area contributed by atoms with E-state index in [4.69, 9.17) is 16.0 Å². The normalized spacial score (nSPS) is 20.1. The predicted molar refractivity (Wildman–Crippen MR) is 109 cm³/mol. The maximum absolute atomic E-state index is 13.8. The number of fused-ring (bicyclic) bond motifs is 5. The van der Waals surface area contributed by atoms with E-state index in [2.05, 4.69) is 0 Å². The minimum absolute atomic E-state index is 0.0761. The van der Waals surface area contributed by atoms with Gasteiger partial charge in [0, 0.05) is 23.7 Å². The summed E-state index contributed by atoms with van der Waals surface area (Å²) >= 11 is 6.10. The second kappa shape index (κ2) is 5.94. The van der Waals surface area contributed by atoms with Gasteiger partial charge in [-0.15, -0.1) is 0 Å². The monoisotopic (exact) mass is 408 g/mol. The summed E-state index contributed by atoms with van der Waals surface area (Å²) in [4.78, 5) is 43.8. The Labute approximate surface area is 171 Å². The molecule has 0 saturated carbocycles. The molecule has 2 amide bonds. The maximum atomic E-state index is 13.8. The van der Waals surface area contributed by atoms with Crippen molar-refractivity contribution in [2.24, 2.45) is 0 Å². The van der Waals surface area contributed by atoms with Crippen molar-refractivity contribution in [1.82, 2.24) is 4.90 Å². The van der Waals surface area contributed by atoms with Gasteiger partial charge >= 0.3 is 0 Å². The molecule has 5 rings (SSSR count). The number of para-hydroxylation sites is 1. The Morgan fingerprint density at radius 3 is 2.52 bits per heavy atom. The molecule has 2 aliphatic rings. The molecule has 3 heterocycles. The van der Waals surface area contributed by atoms with Gasteiger partial charge in [-0.05, 0) is 38.1 Å². The molecule has 0 bridgehead atoms. The van der Waals surface area contributed by atoms with Crippen LogP contribution in [-0.4, -0.2) is 29.8 Å². The van der Waals surface area contributed by atoms with E-state index < -0.39 is 16.9 Å². The van der Waals surface area contributed by atoms with Crippen LogP contribution in [0.5, 0.6) is 0 Å². The number of hydrogen-bond donors (Lipinski definition) is 0. The molecule has 7 heteroatoms. The van der Waals surface area contributed by atoms with E-state index in [1.54, 1.807) is 30.0 Å². The van der Waals surface area contributed by atoms with E-state index in [1.807, 2.05) is 25.1 Å². The van der Waals surface area contributed by atoms with Crippen molar-refractivity contribution in [2.45, 2.75) is 19.4 Å². The van der Waals surface area contributed by atoms with Crippen LogP contribution in [0.4, 0.5) is 5.69 Å². The smallest absolute Gasteiger partial charge is 0.291 e. The Bertz CT molecular complexity index is 1280. The number of likely N-dealkylation sites (N-methyl/N-ethyl adjacent to an activating group) is 2. The molecule has 0 fully saturated rings. The van der Waals surface area contributed by atoms with Gasteiger partial charge < -0.3 is 14.2 Å². The second-order valence-electron chi connectivity index (χ2n) is 7.10. The number of hydrogen-bond acceptors (Lipinski definition) is 4. The number of carbonyl (C=O) groups is 2. The first-order chi connectivity index (χ1) is 14.0. The van der Waals surface area contributed by atoms with Crippen molar-refractivity contribution in [3.05, 3.63) is 74.6 Å². The molecule has 6 nitrogen and oxygen atoms in total. The van der Waals surface area contributed by atoms with Crippen LogP contribution in [-0.2, 0) is 10.3 Å². The Hall–Kier alpha value is -3.12. The molecule has 0 radical (unpaired) electrons. The minimum atomic E-state index is -1.52. The van der Waals surface area contributed by atoms with Gasteiger partial charge in [0.25, 0.3) is 11.8 Å². The van der Waals surface area contributed by atoms with Crippen molar-refractivity contribution >= 4 is 40.1 Å². The van der Waals surface area contributed by atoms with E-state index in [9.17, 15) is 14.4 Å². The van der Waals surface area contributed by atoms with E-state index in [-0.39, 0.29) is 34.7 Å². The van der Waals surface area contributed by atoms with Gasteiger partial charge in [-0.3, -0.25) is 14.4 Å². The van der Waals surface area contributed by atoms with Gasteiger partial charge in [-0.25, -0.2) is 0 Å². The highest BCUT2D eigenvalue weighted by Crippen LogP contribution is 2.52. The number of carbonyl (C=O) groups excluding carboxylic acids is 2. The number of nitrogens with zero attached hydrogens (tertiary/aromatic N) is 2. The third-order valence-electron chi connectivity index (χ3n) is 5.83. The maximum Gasteiger partial charge on any atom is 0.291 e. The summed E-state index contributed by atoms with van der Waals surface area (Å²) in [6.45, 7) is 4.32. The van der Waals surface area contributed by atoms with Crippen molar-refractivity contribution in [2.75, 3.05) is 18.0 Å². The summed E-state index contributed by atoms with van der Waals surface area (Å²) in [5.41, 5.74) is -0.267. The van der Waals surface area contributed by atoms with Crippen molar-refractivity contribution < 1.29 is 14.0 Å². The van der Waals surface area contributed by atoms with Gasteiger partial charge in [0.1, 0.15) is 5.58 Å². The fourth-order valence-electron chi connectivity index (χ4n) is 4.69. The molecular formula is C22H17ClN2O4. The standard InChI is InChI=1S/C22H17ClN2O4/c1-3-24-15-8-6-5-7-14(15)22(21(24)28)17-18(26)13-11-12(23)9-10-16(13)29-19(17)20(27)25(22)4-2/h5-11H,3-4H2,1-2H3. The molecule has 0 N–H and O–H groups in total. The number of anilines is 1. The van der Waals surface area contributed by atoms with Crippen LogP contribution in [0.25, 0.3) is 11.0 Å². The van der Waals surface area contributed by atoms with E-state index in [0.29, 0.717) is 22.8 Å². The molecule has 146 valence electrons. The lowest BCUT2D eigenvalue weighted by molar-refractivity contribution is -0.125. The molecule has 1 atom stereocenters. The lowest BCUT2D eigenvalue weighted by atomic mass is 9.84. The predicted octanol–water partition coefficient (Wildman–Crippen LogP) is 3.53. The second-order valence-corrected chi connectivity index (χ2v) is 7.54. The average Bonchev–Trinajstić information content (AvgIpc) is 3.12. The third kappa shape index (κ3) is 1.99. The van der Waals surface area contributed by atoms with Crippen LogP contribution in [0.1, 0.15) is 35.5 Å². The zero-order valence-corrected chi connectivity index (χ0v) is 16.6. The summed E-state index contributed by atoms with van der Waals surface area (Å²) in [5.74, 6) is -0.853. The van der Waals surface area contributed by atoms with Crippen molar-refractivity contribution in [3.63, 3.8) is 0 Å². The number of amides is 2. The van der Waals surface area contributed by atoms with E-state index >= 15 is 0 Å². The zero-order valence-electron chi connectivity index (χ0n) is 15.9. The summed E-state index contributed by atoms with van der Waals surface area (Å²) in [6.07, 6.45) is 0. The lowest BCUT2D eigenvalue weighted by Gasteiger charge is -2.33. The Balaban J connectivity index is 1.97. The first-order valence-corrected chi connectivity index (χ1v) is 9.84. The third-order valence-corrected chi connectivity index (χ3v) is 6.07. The number of rotatable bonds is 2. The Morgan fingerprint density at radius 1 is 1.03 bits per heavy atom. The molecule has 2 aliphatic heterocycles. The largest absolute Gasteiger partial charge is 0.450 e.